The summed E-state index contributed by atoms with van der Waals surface area (Å²) < 4.78 is 19.0. The molecule has 92 valence electrons. The van der Waals surface area contributed by atoms with Crippen molar-refractivity contribution in [2.75, 3.05) is 6.61 Å². The second kappa shape index (κ2) is 4.65. The third kappa shape index (κ3) is 2.44. The van der Waals surface area contributed by atoms with E-state index in [4.69, 9.17) is 4.74 Å². The quantitative estimate of drug-likeness (QED) is 0.869. The molecule has 0 aromatic heterocycles. The molecular formula is C14H18FNO. The first-order valence-electron chi connectivity index (χ1n) is 6.44. The van der Waals surface area contributed by atoms with E-state index in [1.807, 2.05) is 6.07 Å². The van der Waals surface area contributed by atoms with Crippen molar-refractivity contribution in [3.63, 3.8) is 0 Å². The molecule has 2 unspecified atom stereocenters. The average molecular weight is 235 g/mol. The molecule has 2 atom stereocenters. The zero-order valence-corrected chi connectivity index (χ0v) is 9.86. The van der Waals surface area contributed by atoms with Crippen molar-refractivity contribution >= 4 is 0 Å². The zero-order chi connectivity index (χ0) is 11.7. The molecule has 2 aliphatic heterocycles. The molecule has 0 aliphatic carbocycles. The molecule has 2 fully saturated rings. The molecule has 2 nitrogen and oxygen atoms in total. The maximum Gasteiger partial charge on any atom is 0.165 e. The Hall–Kier alpha value is -1.09. The van der Waals surface area contributed by atoms with Crippen LogP contribution in [0.25, 0.3) is 0 Å². The SMILES string of the molecule is Fc1ccccc1OCC1CC2CCC(C1)N2. The molecule has 0 radical (unpaired) electrons. The summed E-state index contributed by atoms with van der Waals surface area (Å²) in [4.78, 5) is 0. The van der Waals surface area contributed by atoms with Gasteiger partial charge in [-0.25, -0.2) is 4.39 Å². The number of hydrogen-bond acceptors (Lipinski definition) is 2. The van der Waals surface area contributed by atoms with Crippen molar-refractivity contribution in [2.45, 2.75) is 37.8 Å². The van der Waals surface area contributed by atoms with Gasteiger partial charge >= 0.3 is 0 Å². The molecule has 1 N–H and O–H groups in total. The Morgan fingerprint density at radius 2 is 1.88 bits per heavy atom. The van der Waals surface area contributed by atoms with E-state index in [1.165, 1.54) is 31.7 Å². The maximum absolute atomic E-state index is 13.4. The van der Waals surface area contributed by atoms with Gasteiger partial charge in [0.1, 0.15) is 0 Å². The number of piperidine rings is 1. The summed E-state index contributed by atoms with van der Waals surface area (Å²) in [5.41, 5.74) is 0. The van der Waals surface area contributed by atoms with Crippen LogP contribution in [0.3, 0.4) is 0 Å². The average Bonchev–Trinajstić information content (AvgIpc) is 2.68. The largest absolute Gasteiger partial charge is 0.490 e. The fourth-order valence-corrected chi connectivity index (χ4v) is 3.08. The lowest BCUT2D eigenvalue weighted by Crippen LogP contribution is -2.39. The summed E-state index contributed by atoms with van der Waals surface area (Å²) >= 11 is 0. The summed E-state index contributed by atoms with van der Waals surface area (Å²) in [6.45, 7) is 0.648. The Bertz CT molecular complexity index is 384. The van der Waals surface area contributed by atoms with E-state index in [-0.39, 0.29) is 5.82 Å². The van der Waals surface area contributed by atoms with Crippen LogP contribution in [-0.4, -0.2) is 18.7 Å². The predicted molar refractivity (Wildman–Crippen MR) is 64.6 cm³/mol. The molecule has 2 heterocycles. The van der Waals surface area contributed by atoms with Crippen LogP contribution in [0, 0.1) is 11.7 Å². The van der Waals surface area contributed by atoms with Crippen LogP contribution in [-0.2, 0) is 0 Å². The fourth-order valence-electron chi connectivity index (χ4n) is 3.08. The molecule has 0 spiro atoms. The molecule has 0 saturated carbocycles. The Labute approximate surface area is 101 Å². The van der Waals surface area contributed by atoms with Crippen molar-refractivity contribution in [1.29, 1.82) is 0 Å². The Balaban J connectivity index is 1.56. The molecule has 1 aromatic rings. The Morgan fingerprint density at radius 1 is 1.18 bits per heavy atom. The first-order valence-corrected chi connectivity index (χ1v) is 6.44. The second-order valence-electron chi connectivity index (χ2n) is 5.22. The number of fused-ring (bicyclic) bond motifs is 2. The molecular weight excluding hydrogens is 217 g/mol. The van der Waals surface area contributed by atoms with Gasteiger partial charge in [-0.05, 0) is 43.7 Å². The minimum Gasteiger partial charge on any atom is -0.490 e. The lowest BCUT2D eigenvalue weighted by atomic mass is 9.93. The topological polar surface area (TPSA) is 21.3 Å². The van der Waals surface area contributed by atoms with E-state index in [0.717, 1.165) is 0 Å². The highest BCUT2D eigenvalue weighted by Crippen LogP contribution is 2.31. The minimum absolute atomic E-state index is 0.260. The van der Waals surface area contributed by atoms with E-state index in [2.05, 4.69) is 5.32 Å². The number of benzene rings is 1. The smallest absolute Gasteiger partial charge is 0.165 e. The molecule has 1 aromatic carbocycles. The van der Waals surface area contributed by atoms with E-state index >= 15 is 0 Å². The summed E-state index contributed by atoms with van der Waals surface area (Å²) in [7, 11) is 0. The normalized spacial score (nSPS) is 31.5. The van der Waals surface area contributed by atoms with E-state index in [1.54, 1.807) is 12.1 Å². The number of halogens is 1. The third-order valence-electron chi connectivity index (χ3n) is 3.88. The highest BCUT2D eigenvalue weighted by atomic mass is 19.1. The van der Waals surface area contributed by atoms with Crippen LogP contribution in [0.5, 0.6) is 5.75 Å². The minimum atomic E-state index is -0.260. The summed E-state index contributed by atoms with van der Waals surface area (Å²) in [5.74, 6) is 0.705. The van der Waals surface area contributed by atoms with Gasteiger partial charge in [0.25, 0.3) is 0 Å². The van der Waals surface area contributed by atoms with Crippen molar-refractivity contribution in [1.82, 2.24) is 5.32 Å². The van der Waals surface area contributed by atoms with Gasteiger partial charge in [0.15, 0.2) is 11.6 Å². The summed E-state index contributed by atoms with van der Waals surface area (Å²) in [6, 6.07) is 7.98. The zero-order valence-electron chi connectivity index (χ0n) is 9.86. The summed E-state index contributed by atoms with van der Waals surface area (Å²) in [5, 5.41) is 3.60. The number of hydrogen-bond donors (Lipinski definition) is 1. The van der Waals surface area contributed by atoms with Crippen LogP contribution in [0.4, 0.5) is 4.39 Å². The first kappa shape index (κ1) is 11.0. The van der Waals surface area contributed by atoms with Gasteiger partial charge in [0.2, 0.25) is 0 Å². The van der Waals surface area contributed by atoms with Crippen molar-refractivity contribution < 1.29 is 9.13 Å². The van der Waals surface area contributed by atoms with Gasteiger partial charge in [-0.1, -0.05) is 12.1 Å². The predicted octanol–water partition coefficient (Wildman–Crippen LogP) is 2.74. The van der Waals surface area contributed by atoms with Crippen LogP contribution in [0.15, 0.2) is 24.3 Å². The second-order valence-corrected chi connectivity index (χ2v) is 5.22. The number of rotatable bonds is 3. The molecule has 2 bridgehead atoms. The van der Waals surface area contributed by atoms with Gasteiger partial charge in [0.05, 0.1) is 6.61 Å². The lowest BCUT2D eigenvalue weighted by molar-refractivity contribution is 0.185. The van der Waals surface area contributed by atoms with Gasteiger partial charge in [-0.15, -0.1) is 0 Å². The molecule has 3 heteroatoms. The molecule has 2 aliphatic rings. The monoisotopic (exact) mass is 235 g/mol. The van der Waals surface area contributed by atoms with E-state index in [9.17, 15) is 4.39 Å². The van der Waals surface area contributed by atoms with Crippen LogP contribution >= 0.6 is 0 Å². The molecule has 0 amide bonds. The maximum atomic E-state index is 13.4. The number of ether oxygens (including phenoxy) is 1. The third-order valence-corrected chi connectivity index (χ3v) is 3.88. The van der Waals surface area contributed by atoms with Gasteiger partial charge in [0, 0.05) is 12.1 Å². The van der Waals surface area contributed by atoms with Gasteiger partial charge < -0.3 is 10.1 Å². The highest BCUT2D eigenvalue weighted by molar-refractivity contribution is 5.23. The van der Waals surface area contributed by atoms with Crippen LogP contribution in [0.2, 0.25) is 0 Å². The van der Waals surface area contributed by atoms with Crippen molar-refractivity contribution in [2.24, 2.45) is 5.92 Å². The van der Waals surface area contributed by atoms with Gasteiger partial charge in [-0.3, -0.25) is 0 Å². The highest BCUT2D eigenvalue weighted by Gasteiger charge is 2.33. The Kier molecular flexibility index (Phi) is 3.02. The van der Waals surface area contributed by atoms with E-state index < -0.39 is 0 Å². The standard InChI is InChI=1S/C14H18FNO/c15-13-3-1-2-4-14(13)17-9-10-7-11-5-6-12(8-10)16-11/h1-4,10-12,16H,5-9H2. The van der Waals surface area contributed by atoms with Crippen LogP contribution < -0.4 is 10.1 Å². The first-order chi connectivity index (χ1) is 8.31. The fraction of sp³-hybridized carbons (Fsp3) is 0.571. The van der Waals surface area contributed by atoms with Crippen LogP contribution in [0.1, 0.15) is 25.7 Å². The number of para-hydroxylation sites is 1. The van der Waals surface area contributed by atoms with Gasteiger partial charge in [-0.2, -0.15) is 0 Å². The van der Waals surface area contributed by atoms with E-state index in [0.29, 0.717) is 30.4 Å². The summed E-state index contributed by atoms with van der Waals surface area (Å²) in [6.07, 6.45) is 4.93. The number of nitrogens with one attached hydrogen (secondary N) is 1. The molecule has 3 rings (SSSR count). The molecule has 2 saturated heterocycles. The molecule has 17 heavy (non-hydrogen) atoms. The Morgan fingerprint density at radius 3 is 2.59 bits per heavy atom. The van der Waals surface area contributed by atoms with Crippen molar-refractivity contribution in [3.05, 3.63) is 30.1 Å². The lowest BCUT2D eigenvalue weighted by Gasteiger charge is -2.28. The van der Waals surface area contributed by atoms with Crippen molar-refractivity contribution in [3.8, 4) is 5.75 Å².